The molecule has 4 aromatic carbocycles. The molecule has 4 aromatic rings. The first-order chi connectivity index (χ1) is 19.7. The van der Waals surface area contributed by atoms with Gasteiger partial charge in [0.15, 0.2) is 0 Å². The molecule has 0 amide bonds. The molecule has 2 aliphatic carbocycles. The molecule has 220 valence electrons. The Morgan fingerprint density at radius 3 is 1.53 bits per heavy atom. The van der Waals surface area contributed by atoms with Gasteiger partial charge in [-0.05, 0) is 0 Å². The minimum Gasteiger partial charge on any atom is -1.00 e. The van der Waals surface area contributed by atoms with Crippen LogP contribution in [0.15, 0.2) is 118 Å². The maximum Gasteiger partial charge on any atom is -1.00 e. The topological polar surface area (TPSA) is 0 Å². The fourth-order valence-corrected chi connectivity index (χ4v) is 17.4. The van der Waals surface area contributed by atoms with Crippen LogP contribution < -0.4 is 24.8 Å². The summed E-state index contributed by atoms with van der Waals surface area (Å²) in [4.78, 5) is 0. The molecule has 0 fully saturated rings. The Morgan fingerprint density at radius 1 is 0.674 bits per heavy atom. The van der Waals surface area contributed by atoms with Gasteiger partial charge in [-0.25, -0.2) is 0 Å². The van der Waals surface area contributed by atoms with Crippen molar-refractivity contribution >= 4 is 3.21 Å². The summed E-state index contributed by atoms with van der Waals surface area (Å²) >= 11 is -2.79. The molecule has 43 heavy (non-hydrogen) atoms. The van der Waals surface area contributed by atoms with Gasteiger partial charge in [-0.3, -0.25) is 0 Å². The fraction of sp³-hybridized carbons (Fsp3) is 0.275. The van der Waals surface area contributed by atoms with Gasteiger partial charge in [-0.15, -0.1) is 0 Å². The average molecular weight is 685 g/mol. The van der Waals surface area contributed by atoms with Crippen molar-refractivity contribution in [2.45, 2.75) is 58.5 Å². The molecule has 0 spiro atoms. The number of rotatable bonds is 5. The second-order valence-corrected chi connectivity index (χ2v) is 19.0. The van der Waals surface area contributed by atoms with Crippen molar-refractivity contribution < 1.29 is 46.1 Å². The Labute approximate surface area is 279 Å². The quantitative estimate of drug-likeness (QED) is 0.290. The van der Waals surface area contributed by atoms with E-state index < -0.39 is 21.3 Å². The Balaban J connectivity index is 0.00000212. The third-order valence-electron chi connectivity index (χ3n) is 9.05. The summed E-state index contributed by atoms with van der Waals surface area (Å²) in [6, 6.07) is 37.4. The molecule has 1 atom stereocenters. The molecule has 0 aromatic heterocycles. The summed E-state index contributed by atoms with van der Waals surface area (Å²) in [5, 5.41) is 0. The van der Waals surface area contributed by atoms with E-state index in [2.05, 4.69) is 152 Å². The van der Waals surface area contributed by atoms with Gasteiger partial charge >= 0.3 is 256 Å². The molecule has 0 saturated heterocycles. The van der Waals surface area contributed by atoms with E-state index in [0.29, 0.717) is 9.54 Å². The number of hydrogen-bond acceptors (Lipinski definition) is 0. The summed E-state index contributed by atoms with van der Waals surface area (Å²) in [5.74, 6) is 0.458. The van der Waals surface area contributed by atoms with Crippen LogP contribution in [-0.2, 0) is 21.3 Å². The summed E-state index contributed by atoms with van der Waals surface area (Å²) in [6.45, 7) is 16.5. The van der Waals surface area contributed by atoms with E-state index in [1.54, 1.807) is 28.8 Å². The molecule has 0 bridgehead atoms. The smallest absolute Gasteiger partial charge is 1.00 e. The second-order valence-electron chi connectivity index (χ2n) is 13.0. The van der Waals surface area contributed by atoms with E-state index in [4.69, 9.17) is 0 Å². The summed E-state index contributed by atoms with van der Waals surface area (Å²) in [6.07, 6.45) is 3.72. The molecular weight excluding hydrogens is 643 g/mol. The number of hydrogen-bond donors (Lipinski definition) is 0. The Kier molecular flexibility index (Phi) is 10.4. The molecule has 3 heteroatoms. The number of aryl methyl sites for hydroxylation is 2. The van der Waals surface area contributed by atoms with Crippen LogP contribution in [0.3, 0.4) is 0 Å². The van der Waals surface area contributed by atoms with Crippen molar-refractivity contribution in [2.75, 3.05) is 0 Å². The van der Waals surface area contributed by atoms with Gasteiger partial charge in [0.25, 0.3) is 0 Å². The Hall–Kier alpha value is -2.31. The van der Waals surface area contributed by atoms with Gasteiger partial charge in [0.1, 0.15) is 0 Å². The summed E-state index contributed by atoms with van der Waals surface area (Å²) in [5.41, 5.74) is 14.8. The van der Waals surface area contributed by atoms with E-state index in [0.717, 1.165) is 6.42 Å². The fourth-order valence-electron chi connectivity index (χ4n) is 7.16. The maximum absolute atomic E-state index is 2.79. The minimum atomic E-state index is -2.79. The van der Waals surface area contributed by atoms with Gasteiger partial charge in [0.2, 0.25) is 0 Å². The Morgan fingerprint density at radius 2 is 1.12 bits per heavy atom. The maximum atomic E-state index is 2.63. The third-order valence-corrected chi connectivity index (χ3v) is 18.0. The molecule has 0 radical (unpaired) electrons. The standard InChI is InChI=1S/C15H14.C13H9.C12H19.2ClH.Zr/c1-12-3-7-14(8-4-12)11-15-9-5-13(2)6-10-15;1-3-7-12-10(5-1)9-11-6-2-4-8-13(11)12;1-6-10-7-9(2)8-11(10)12(3,4)5;;;/h3-10H,1-2H3;1-9H;8-9H,6H2,1-5H3;2*1H;/q;;;;;+2/p-2. The van der Waals surface area contributed by atoms with Crippen LogP contribution in [0.4, 0.5) is 0 Å². The summed E-state index contributed by atoms with van der Waals surface area (Å²) in [7, 11) is 0. The molecular formula is C40H42Cl2Zr. The average Bonchev–Trinajstić information content (AvgIpc) is 3.48. The molecule has 1 unspecified atom stereocenters. The first-order valence-corrected chi connectivity index (χ1v) is 19.1. The third kappa shape index (κ3) is 6.16. The normalized spacial score (nSPS) is 15.5. The van der Waals surface area contributed by atoms with E-state index in [-0.39, 0.29) is 30.2 Å². The van der Waals surface area contributed by atoms with Gasteiger partial charge < -0.3 is 24.8 Å². The SMILES string of the molecule is CCC1=[C]([Zr+2](=[C](c2ccc(C)cc2)c2ccc(C)cc2)[CH]2c3ccccc3-c3ccccc32)C(C)C=C1C(C)(C)C.[Cl-].[Cl-]. The van der Waals surface area contributed by atoms with E-state index in [1.807, 2.05) is 0 Å². The van der Waals surface area contributed by atoms with Gasteiger partial charge in [-0.2, -0.15) is 0 Å². The van der Waals surface area contributed by atoms with Gasteiger partial charge in [-0.1, -0.05) is 0 Å². The first-order valence-electron chi connectivity index (χ1n) is 15.2. The van der Waals surface area contributed by atoms with Crippen LogP contribution in [0.1, 0.15) is 78.0 Å². The molecule has 0 N–H and O–H groups in total. The minimum absolute atomic E-state index is 0. The monoisotopic (exact) mass is 682 g/mol. The number of benzene rings is 4. The van der Waals surface area contributed by atoms with Crippen LogP contribution in [-0.4, -0.2) is 3.21 Å². The van der Waals surface area contributed by atoms with Crippen molar-refractivity contribution in [1.29, 1.82) is 0 Å². The zero-order valence-corrected chi connectivity index (χ0v) is 30.4. The zero-order chi connectivity index (χ0) is 28.9. The van der Waals surface area contributed by atoms with Crippen molar-refractivity contribution in [3.8, 4) is 11.1 Å². The predicted molar refractivity (Wildman–Crippen MR) is 173 cm³/mol. The van der Waals surface area contributed by atoms with Crippen LogP contribution in [0.5, 0.6) is 0 Å². The van der Waals surface area contributed by atoms with Crippen LogP contribution in [0, 0.1) is 25.2 Å². The molecule has 0 heterocycles. The van der Waals surface area contributed by atoms with Crippen molar-refractivity contribution in [2.24, 2.45) is 11.3 Å². The van der Waals surface area contributed by atoms with E-state index in [9.17, 15) is 0 Å². The number of fused-ring (bicyclic) bond motifs is 3. The van der Waals surface area contributed by atoms with E-state index in [1.165, 1.54) is 33.4 Å². The van der Waals surface area contributed by atoms with Crippen molar-refractivity contribution in [1.82, 2.24) is 0 Å². The first kappa shape index (κ1) is 33.6. The molecule has 2 aliphatic rings. The largest absolute Gasteiger partial charge is 1.00 e. The zero-order valence-electron chi connectivity index (χ0n) is 26.4. The molecule has 0 aliphatic heterocycles. The number of allylic oxidation sites excluding steroid dienone is 4. The van der Waals surface area contributed by atoms with Gasteiger partial charge in [0.05, 0.1) is 0 Å². The van der Waals surface area contributed by atoms with Crippen LogP contribution in [0.2, 0.25) is 0 Å². The van der Waals surface area contributed by atoms with Crippen molar-refractivity contribution in [3.05, 3.63) is 151 Å². The van der Waals surface area contributed by atoms with Crippen molar-refractivity contribution in [3.63, 3.8) is 0 Å². The summed E-state index contributed by atoms with van der Waals surface area (Å²) < 4.78 is 3.88. The Bertz CT molecular complexity index is 1620. The predicted octanol–water partition coefficient (Wildman–Crippen LogP) is 4.55. The van der Waals surface area contributed by atoms with Gasteiger partial charge in [0, 0.05) is 0 Å². The van der Waals surface area contributed by atoms with Crippen LogP contribution >= 0.6 is 0 Å². The second kappa shape index (κ2) is 13.4. The van der Waals surface area contributed by atoms with E-state index >= 15 is 0 Å². The molecule has 0 nitrogen and oxygen atoms in total. The number of halogens is 2. The molecule has 6 rings (SSSR count). The molecule has 0 saturated carbocycles. The van der Waals surface area contributed by atoms with Crippen LogP contribution in [0.25, 0.3) is 11.1 Å².